The van der Waals surface area contributed by atoms with Gasteiger partial charge in [0.1, 0.15) is 10.9 Å². The lowest BCUT2D eigenvalue weighted by Gasteiger charge is -2.12. The number of thiophene rings is 1. The van der Waals surface area contributed by atoms with Gasteiger partial charge in [-0.3, -0.25) is 14.2 Å². The standard InChI is InChI=1S/C15H19N3O4S/c1-4-10(15(21)22)17-11(19)5-6-18-7-16-13-12(14(18)20)8(2)9(3)23-13/h7,10H,4-6H2,1-3H3,(H,17,19)(H,21,22). The molecule has 1 atom stereocenters. The molecule has 0 bridgehead atoms. The quantitative estimate of drug-likeness (QED) is 0.830. The Morgan fingerprint density at radius 3 is 2.74 bits per heavy atom. The molecule has 0 radical (unpaired) electrons. The van der Waals surface area contributed by atoms with Crippen molar-refractivity contribution in [3.8, 4) is 0 Å². The molecular formula is C15H19N3O4S. The third-order valence-electron chi connectivity index (χ3n) is 3.78. The molecule has 124 valence electrons. The number of aromatic nitrogens is 2. The first kappa shape index (κ1) is 17.1. The number of fused-ring (bicyclic) bond motifs is 1. The van der Waals surface area contributed by atoms with Gasteiger partial charge in [-0.1, -0.05) is 6.92 Å². The maximum Gasteiger partial charge on any atom is 0.326 e. The smallest absolute Gasteiger partial charge is 0.326 e. The summed E-state index contributed by atoms with van der Waals surface area (Å²) in [7, 11) is 0. The molecule has 1 unspecified atom stereocenters. The summed E-state index contributed by atoms with van der Waals surface area (Å²) < 4.78 is 1.39. The molecule has 0 spiro atoms. The molecule has 23 heavy (non-hydrogen) atoms. The van der Waals surface area contributed by atoms with Crippen LogP contribution in [0, 0.1) is 13.8 Å². The Bertz CT molecular complexity index is 809. The average Bonchev–Trinajstić information content (AvgIpc) is 2.79. The number of carbonyl (C=O) groups excluding carboxylic acids is 1. The van der Waals surface area contributed by atoms with Crippen LogP contribution in [0.5, 0.6) is 0 Å². The average molecular weight is 337 g/mol. The number of carboxylic acids is 1. The lowest BCUT2D eigenvalue weighted by atomic mass is 10.2. The van der Waals surface area contributed by atoms with Crippen molar-refractivity contribution in [3.05, 3.63) is 27.1 Å². The van der Waals surface area contributed by atoms with E-state index < -0.39 is 17.9 Å². The van der Waals surface area contributed by atoms with E-state index in [9.17, 15) is 14.4 Å². The predicted octanol–water partition coefficient (Wildman–Crippen LogP) is 1.44. The van der Waals surface area contributed by atoms with Crippen LogP contribution in [-0.4, -0.2) is 32.6 Å². The normalized spacial score (nSPS) is 12.3. The van der Waals surface area contributed by atoms with Crippen LogP contribution in [-0.2, 0) is 16.1 Å². The van der Waals surface area contributed by atoms with Crippen molar-refractivity contribution >= 4 is 33.4 Å². The SMILES string of the molecule is CCC(NC(=O)CCn1cnc2sc(C)c(C)c2c1=O)C(=O)O. The first-order valence-corrected chi connectivity index (χ1v) is 8.14. The molecule has 2 heterocycles. The predicted molar refractivity (Wildman–Crippen MR) is 87.8 cm³/mol. The van der Waals surface area contributed by atoms with Gasteiger partial charge >= 0.3 is 5.97 Å². The largest absolute Gasteiger partial charge is 0.480 e. The molecule has 2 rings (SSSR count). The van der Waals surface area contributed by atoms with Gasteiger partial charge in [0.25, 0.3) is 5.56 Å². The van der Waals surface area contributed by atoms with Gasteiger partial charge in [-0.2, -0.15) is 0 Å². The monoisotopic (exact) mass is 337 g/mol. The molecule has 8 heteroatoms. The van der Waals surface area contributed by atoms with Crippen molar-refractivity contribution < 1.29 is 14.7 Å². The van der Waals surface area contributed by atoms with Gasteiger partial charge in [-0.15, -0.1) is 11.3 Å². The van der Waals surface area contributed by atoms with Gasteiger partial charge in [0.2, 0.25) is 5.91 Å². The number of nitrogens with one attached hydrogen (secondary N) is 1. The summed E-state index contributed by atoms with van der Waals surface area (Å²) in [5.41, 5.74) is 0.744. The Kier molecular flexibility index (Phi) is 5.15. The number of hydrogen-bond donors (Lipinski definition) is 2. The summed E-state index contributed by atoms with van der Waals surface area (Å²) in [4.78, 5) is 41.2. The molecule has 7 nitrogen and oxygen atoms in total. The van der Waals surface area contributed by atoms with Crippen molar-refractivity contribution in [1.29, 1.82) is 0 Å². The van der Waals surface area contributed by atoms with Crippen LogP contribution in [0.25, 0.3) is 10.2 Å². The second kappa shape index (κ2) is 6.91. The first-order chi connectivity index (χ1) is 10.8. The maximum atomic E-state index is 12.5. The van der Waals surface area contributed by atoms with E-state index in [0.717, 1.165) is 10.4 Å². The molecule has 0 aliphatic carbocycles. The summed E-state index contributed by atoms with van der Waals surface area (Å²) in [5.74, 6) is -1.46. The molecule has 0 fully saturated rings. The van der Waals surface area contributed by atoms with Crippen molar-refractivity contribution in [2.75, 3.05) is 0 Å². The van der Waals surface area contributed by atoms with Crippen LogP contribution < -0.4 is 10.9 Å². The van der Waals surface area contributed by atoms with E-state index in [2.05, 4.69) is 10.3 Å². The first-order valence-electron chi connectivity index (χ1n) is 7.32. The molecule has 0 saturated carbocycles. The Morgan fingerprint density at radius 2 is 2.13 bits per heavy atom. The van der Waals surface area contributed by atoms with Crippen LogP contribution in [0.3, 0.4) is 0 Å². The summed E-state index contributed by atoms with van der Waals surface area (Å²) in [6.45, 7) is 5.67. The second-order valence-corrected chi connectivity index (χ2v) is 6.53. The molecule has 2 N–H and O–H groups in total. The topological polar surface area (TPSA) is 101 Å². The molecule has 0 aliphatic heterocycles. The van der Waals surface area contributed by atoms with E-state index in [4.69, 9.17) is 5.11 Å². The number of carbonyl (C=O) groups is 2. The Balaban J connectivity index is 2.12. The maximum absolute atomic E-state index is 12.5. The minimum absolute atomic E-state index is 0.0268. The van der Waals surface area contributed by atoms with E-state index in [1.807, 2.05) is 13.8 Å². The zero-order valence-corrected chi connectivity index (χ0v) is 14.1. The minimum Gasteiger partial charge on any atom is -0.480 e. The fourth-order valence-electron chi connectivity index (χ4n) is 2.26. The van der Waals surface area contributed by atoms with Gasteiger partial charge in [0.05, 0.1) is 11.7 Å². The van der Waals surface area contributed by atoms with Crippen LogP contribution in [0.15, 0.2) is 11.1 Å². The number of nitrogens with zero attached hydrogens (tertiary/aromatic N) is 2. The van der Waals surface area contributed by atoms with Gasteiger partial charge in [-0.25, -0.2) is 9.78 Å². The van der Waals surface area contributed by atoms with Crippen LogP contribution in [0.1, 0.15) is 30.2 Å². The number of rotatable bonds is 6. The van der Waals surface area contributed by atoms with Crippen LogP contribution in [0.4, 0.5) is 0 Å². The molecule has 2 aromatic heterocycles. The fourth-order valence-corrected chi connectivity index (χ4v) is 3.24. The molecular weight excluding hydrogens is 318 g/mol. The zero-order chi connectivity index (χ0) is 17.1. The number of aryl methyl sites for hydroxylation is 3. The van der Waals surface area contributed by atoms with E-state index in [1.165, 1.54) is 22.2 Å². The van der Waals surface area contributed by atoms with Crippen molar-refractivity contribution in [1.82, 2.24) is 14.9 Å². The number of amides is 1. The van der Waals surface area contributed by atoms with Gasteiger partial charge < -0.3 is 10.4 Å². The number of hydrogen-bond acceptors (Lipinski definition) is 5. The van der Waals surface area contributed by atoms with Gasteiger partial charge in [0, 0.05) is 17.8 Å². The number of aliphatic carboxylic acids is 1. The van der Waals surface area contributed by atoms with Crippen molar-refractivity contribution in [2.45, 2.75) is 46.2 Å². The van der Waals surface area contributed by atoms with E-state index in [0.29, 0.717) is 16.6 Å². The Morgan fingerprint density at radius 1 is 1.43 bits per heavy atom. The zero-order valence-electron chi connectivity index (χ0n) is 13.3. The lowest BCUT2D eigenvalue weighted by Crippen LogP contribution is -2.40. The third-order valence-corrected chi connectivity index (χ3v) is 4.89. The van der Waals surface area contributed by atoms with Crippen LogP contribution >= 0.6 is 11.3 Å². The molecule has 0 aliphatic rings. The fraction of sp³-hybridized carbons (Fsp3) is 0.467. The molecule has 0 saturated heterocycles. The van der Waals surface area contributed by atoms with Crippen molar-refractivity contribution in [2.24, 2.45) is 0 Å². The summed E-state index contributed by atoms with van der Waals surface area (Å²) in [6.07, 6.45) is 1.77. The van der Waals surface area contributed by atoms with Crippen LogP contribution in [0.2, 0.25) is 0 Å². The molecule has 0 aromatic carbocycles. The summed E-state index contributed by atoms with van der Waals surface area (Å²) in [5, 5.41) is 12.0. The Hall–Kier alpha value is -2.22. The van der Waals surface area contributed by atoms with E-state index in [1.54, 1.807) is 6.92 Å². The van der Waals surface area contributed by atoms with Gasteiger partial charge in [-0.05, 0) is 25.8 Å². The minimum atomic E-state index is -1.06. The molecule has 1 amide bonds. The molecule has 2 aromatic rings. The van der Waals surface area contributed by atoms with Gasteiger partial charge in [0.15, 0.2) is 0 Å². The summed E-state index contributed by atoms with van der Waals surface area (Å²) in [6, 6.07) is -0.901. The summed E-state index contributed by atoms with van der Waals surface area (Å²) >= 11 is 1.47. The highest BCUT2D eigenvalue weighted by atomic mass is 32.1. The lowest BCUT2D eigenvalue weighted by molar-refractivity contribution is -0.141. The number of carboxylic acid groups (broad SMARTS) is 1. The third kappa shape index (κ3) is 3.58. The second-order valence-electron chi connectivity index (χ2n) is 5.32. The highest BCUT2D eigenvalue weighted by Crippen LogP contribution is 2.25. The van der Waals surface area contributed by atoms with Crippen molar-refractivity contribution in [3.63, 3.8) is 0 Å². The highest BCUT2D eigenvalue weighted by Gasteiger charge is 2.18. The van der Waals surface area contributed by atoms with E-state index in [-0.39, 0.29) is 18.5 Å². The Labute approximate surface area is 137 Å². The van der Waals surface area contributed by atoms with E-state index >= 15 is 0 Å². The highest BCUT2D eigenvalue weighted by molar-refractivity contribution is 7.18.